The summed E-state index contributed by atoms with van der Waals surface area (Å²) >= 11 is 0. The van der Waals surface area contributed by atoms with E-state index in [0.717, 1.165) is 12.0 Å². The predicted molar refractivity (Wildman–Crippen MR) is 62.3 cm³/mol. The van der Waals surface area contributed by atoms with Gasteiger partial charge in [-0.05, 0) is 12.0 Å². The molecule has 1 amide bonds. The number of nitrogens with one attached hydrogen (secondary N) is 1. The van der Waals surface area contributed by atoms with Crippen LogP contribution in [0, 0.1) is 17.2 Å². The molecule has 16 heavy (non-hydrogen) atoms. The van der Waals surface area contributed by atoms with Crippen molar-refractivity contribution in [2.24, 2.45) is 5.92 Å². The van der Waals surface area contributed by atoms with Gasteiger partial charge in [0.2, 0.25) is 5.91 Å². The number of benzene rings is 1. The Kier molecular flexibility index (Phi) is 5.07. The SMILES string of the molecule is CCCC(C#N)C(=O)NCc1ccccc1. The highest BCUT2D eigenvalue weighted by Crippen LogP contribution is 2.05. The van der Waals surface area contributed by atoms with Gasteiger partial charge >= 0.3 is 0 Å². The summed E-state index contributed by atoms with van der Waals surface area (Å²) in [6.45, 7) is 2.45. The maximum Gasteiger partial charge on any atom is 0.237 e. The van der Waals surface area contributed by atoms with E-state index in [9.17, 15) is 4.79 Å². The van der Waals surface area contributed by atoms with Gasteiger partial charge < -0.3 is 5.32 Å². The second kappa shape index (κ2) is 6.62. The zero-order valence-electron chi connectivity index (χ0n) is 9.44. The van der Waals surface area contributed by atoms with E-state index in [0.29, 0.717) is 13.0 Å². The monoisotopic (exact) mass is 216 g/mol. The molecule has 1 atom stereocenters. The smallest absolute Gasteiger partial charge is 0.237 e. The second-order valence-electron chi connectivity index (χ2n) is 3.67. The number of rotatable bonds is 5. The van der Waals surface area contributed by atoms with Gasteiger partial charge in [-0.15, -0.1) is 0 Å². The molecule has 84 valence electrons. The van der Waals surface area contributed by atoms with Crippen LogP contribution in [-0.2, 0) is 11.3 Å². The van der Waals surface area contributed by atoms with Crippen molar-refractivity contribution in [1.29, 1.82) is 5.26 Å². The van der Waals surface area contributed by atoms with Crippen molar-refractivity contribution >= 4 is 5.91 Å². The Balaban J connectivity index is 2.44. The van der Waals surface area contributed by atoms with E-state index >= 15 is 0 Å². The number of nitriles is 1. The third kappa shape index (κ3) is 3.74. The minimum atomic E-state index is -0.520. The van der Waals surface area contributed by atoms with Crippen LogP contribution in [0.25, 0.3) is 0 Å². The molecule has 0 saturated heterocycles. The van der Waals surface area contributed by atoms with Gasteiger partial charge in [-0.1, -0.05) is 43.7 Å². The average molecular weight is 216 g/mol. The molecule has 0 aliphatic rings. The van der Waals surface area contributed by atoms with Gasteiger partial charge in [0, 0.05) is 6.54 Å². The van der Waals surface area contributed by atoms with Crippen LogP contribution in [0.15, 0.2) is 30.3 Å². The molecule has 0 aliphatic heterocycles. The second-order valence-corrected chi connectivity index (χ2v) is 3.67. The number of hydrogen-bond donors (Lipinski definition) is 1. The Bertz CT molecular complexity index is 367. The van der Waals surface area contributed by atoms with Gasteiger partial charge in [0.15, 0.2) is 0 Å². The van der Waals surface area contributed by atoms with E-state index in [4.69, 9.17) is 5.26 Å². The van der Waals surface area contributed by atoms with Crippen LogP contribution in [0.3, 0.4) is 0 Å². The quantitative estimate of drug-likeness (QED) is 0.820. The van der Waals surface area contributed by atoms with Crippen molar-refractivity contribution in [2.45, 2.75) is 26.3 Å². The van der Waals surface area contributed by atoms with E-state index in [1.165, 1.54) is 0 Å². The first-order chi connectivity index (χ1) is 7.77. The van der Waals surface area contributed by atoms with Crippen molar-refractivity contribution < 1.29 is 4.79 Å². The van der Waals surface area contributed by atoms with Crippen molar-refractivity contribution in [3.05, 3.63) is 35.9 Å². The molecular formula is C13H16N2O. The largest absolute Gasteiger partial charge is 0.351 e. The van der Waals surface area contributed by atoms with Crippen LogP contribution >= 0.6 is 0 Å². The maximum absolute atomic E-state index is 11.6. The van der Waals surface area contributed by atoms with E-state index in [2.05, 4.69) is 5.32 Å². The molecule has 0 fully saturated rings. The molecule has 0 bridgehead atoms. The molecule has 0 saturated carbocycles. The lowest BCUT2D eigenvalue weighted by Gasteiger charge is -2.08. The summed E-state index contributed by atoms with van der Waals surface area (Å²) in [6.07, 6.45) is 1.47. The van der Waals surface area contributed by atoms with Crippen LogP contribution in [0.5, 0.6) is 0 Å². The fourth-order valence-corrected chi connectivity index (χ4v) is 1.45. The van der Waals surface area contributed by atoms with Gasteiger partial charge in [0.05, 0.1) is 6.07 Å². The molecule has 0 spiro atoms. The number of carbonyl (C=O) groups is 1. The summed E-state index contributed by atoms with van der Waals surface area (Å²) in [6, 6.07) is 11.7. The zero-order chi connectivity index (χ0) is 11.8. The van der Waals surface area contributed by atoms with Gasteiger partial charge in [-0.25, -0.2) is 0 Å². The van der Waals surface area contributed by atoms with E-state index in [1.807, 2.05) is 43.3 Å². The maximum atomic E-state index is 11.6. The van der Waals surface area contributed by atoms with Crippen LogP contribution in [0.4, 0.5) is 0 Å². The van der Waals surface area contributed by atoms with Crippen LogP contribution in [0.2, 0.25) is 0 Å². The third-order valence-electron chi connectivity index (χ3n) is 2.36. The lowest BCUT2D eigenvalue weighted by Crippen LogP contribution is -2.29. The van der Waals surface area contributed by atoms with Crippen LogP contribution in [0.1, 0.15) is 25.3 Å². The number of carbonyl (C=O) groups excluding carboxylic acids is 1. The Morgan fingerprint density at radius 1 is 1.44 bits per heavy atom. The van der Waals surface area contributed by atoms with Crippen molar-refractivity contribution in [1.82, 2.24) is 5.32 Å². The van der Waals surface area contributed by atoms with Crippen LogP contribution in [-0.4, -0.2) is 5.91 Å². The molecule has 1 rings (SSSR count). The summed E-state index contributed by atoms with van der Waals surface area (Å²) < 4.78 is 0. The number of nitrogens with zero attached hydrogens (tertiary/aromatic N) is 1. The third-order valence-corrected chi connectivity index (χ3v) is 2.36. The standard InChI is InChI=1S/C13H16N2O/c1-2-6-12(9-14)13(16)15-10-11-7-4-3-5-8-11/h3-5,7-8,12H,2,6,10H2,1H3,(H,15,16). The summed E-state index contributed by atoms with van der Waals surface area (Å²) in [5, 5.41) is 11.6. The normalized spacial score (nSPS) is 11.5. The first-order valence-corrected chi connectivity index (χ1v) is 5.49. The number of hydrogen-bond acceptors (Lipinski definition) is 2. The molecule has 1 aromatic carbocycles. The molecule has 0 heterocycles. The van der Waals surface area contributed by atoms with Crippen molar-refractivity contribution in [3.8, 4) is 6.07 Å². The molecule has 1 unspecified atom stereocenters. The van der Waals surface area contributed by atoms with Gasteiger partial charge in [-0.2, -0.15) is 5.26 Å². The van der Waals surface area contributed by atoms with E-state index in [-0.39, 0.29) is 5.91 Å². The zero-order valence-corrected chi connectivity index (χ0v) is 9.44. The highest BCUT2D eigenvalue weighted by Gasteiger charge is 2.15. The predicted octanol–water partition coefficient (Wildman–Crippen LogP) is 2.24. The van der Waals surface area contributed by atoms with Gasteiger partial charge in [-0.3, -0.25) is 4.79 Å². The molecule has 1 N–H and O–H groups in total. The lowest BCUT2D eigenvalue weighted by atomic mass is 10.0. The molecule has 0 radical (unpaired) electrons. The summed E-state index contributed by atoms with van der Waals surface area (Å²) in [5.41, 5.74) is 1.05. The molecule has 0 aliphatic carbocycles. The molecule has 3 nitrogen and oxygen atoms in total. The number of amides is 1. The minimum absolute atomic E-state index is 0.173. The Labute approximate surface area is 96.1 Å². The van der Waals surface area contributed by atoms with Gasteiger partial charge in [0.1, 0.15) is 5.92 Å². The summed E-state index contributed by atoms with van der Waals surface area (Å²) in [5.74, 6) is -0.693. The van der Waals surface area contributed by atoms with Gasteiger partial charge in [0.25, 0.3) is 0 Å². The van der Waals surface area contributed by atoms with E-state index in [1.54, 1.807) is 0 Å². The summed E-state index contributed by atoms with van der Waals surface area (Å²) in [7, 11) is 0. The minimum Gasteiger partial charge on any atom is -0.351 e. The molecular weight excluding hydrogens is 200 g/mol. The lowest BCUT2D eigenvalue weighted by molar-refractivity contribution is -0.123. The van der Waals surface area contributed by atoms with Crippen molar-refractivity contribution in [3.63, 3.8) is 0 Å². The topological polar surface area (TPSA) is 52.9 Å². The van der Waals surface area contributed by atoms with Crippen LogP contribution < -0.4 is 5.32 Å². The van der Waals surface area contributed by atoms with Crippen molar-refractivity contribution in [2.75, 3.05) is 0 Å². The van der Waals surface area contributed by atoms with E-state index < -0.39 is 5.92 Å². The molecule has 1 aromatic rings. The average Bonchev–Trinajstić information content (AvgIpc) is 2.34. The fourth-order valence-electron chi connectivity index (χ4n) is 1.45. The summed E-state index contributed by atoms with van der Waals surface area (Å²) in [4.78, 5) is 11.6. The Hall–Kier alpha value is -1.82. The highest BCUT2D eigenvalue weighted by atomic mass is 16.1. The molecule has 3 heteroatoms. The first kappa shape index (κ1) is 12.3. The molecule has 0 aromatic heterocycles. The fraction of sp³-hybridized carbons (Fsp3) is 0.385. The first-order valence-electron chi connectivity index (χ1n) is 5.49. The Morgan fingerprint density at radius 3 is 2.69 bits per heavy atom. The highest BCUT2D eigenvalue weighted by molar-refractivity contribution is 5.80. The Morgan fingerprint density at radius 2 is 2.12 bits per heavy atom.